The lowest BCUT2D eigenvalue weighted by Gasteiger charge is -2.08. The number of hydrogen-bond acceptors (Lipinski definition) is 3. The van der Waals surface area contributed by atoms with Gasteiger partial charge in [0.1, 0.15) is 0 Å². The fourth-order valence-electron chi connectivity index (χ4n) is 1.15. The van der Waals surface area contributed by atoms with Crippen LogP contribution in [0.5, 0.6) is 0 Å². The number of ketones is 1. The van der Waals surface area contributed by atoms with Crippen molar-refractivity contribution in [2.45, 2.75) is 12.8 Å². The Morgan fingerprint density at radius 3 is 2.14 bits per heavy atom. The number of anilines is 1. The largest absolute Gasteiger partial charge is 0.399 e. The molecule has 0 aromatic heterocycles. The first-order valence-corrected chi connectivity index (χ1v) is 4.21. The molecule has 0 bridgehead atoms. The molecule has 0 aliphatic rings. The molecule has 4 N–H and O–H groups in total. The molecule has 0 aliphatic carbocycles. The molecule has 4 nitrogen and oxygen atoms in total. The Morgan fingerprint density at radius 1 is 1.21 bits per heavy atom. The number of benzene rings is 1. The minimum Gasteiger partial charge on any atom is -0.399 e. The van der Waals surface area contributed by atoms with Gasteiger partial charge in [0.05, 0.1) is 0 Å². The van der Waals surface area contributed by atoms with E-state index >= 15 is 0 Å². The molecular formula is C10H12N2O2. The van der Waals surface area contributed by atoms with Crippen LogP contribution in [0, 0.1) is 0 Å². The van der Waals surface area contributed by atoms with E-state index < -0.39 is 17.6 Å². The van der Waals surface area contributed by atoms with Crippen LogP contribution in [-0.2, 0) is 9.59 Å². The Balaban J connectivity index is 2.89. The van der Waals surface area contributed by atoms with Crippen molar-refractivity contribution in [2.75, 3.05) is 5.73 Å². The van der Waals surface area contributed by atoms with Gasteiger partial charge in [0, 0.05) is 11.6 Å². The van der Waals surface area contributed by atoms with Crippen LogP contribution in [0.15, 0.2) is 24.3 Å². The molecule has 1 aromatic rings. The van der Waals surface area contributed by atoms with Gasteiger partial charge in [-0.1, -0.05) is 19.1 Å². The summed E-state index contributed by atoms with van der Waals surface area (Å²) >= 11 is 0. The molecule has 0 fully saturated rings. The number of rotatable bonds is 3. The van der Waals surface area contributed by atoms with E-state index in [2.05, 4.69) is 0 Å². The highest BCUT2D eigenvalue weighted by Gasteiger charge is 2.19. The van der Waals surface area contributed by atoms with Gasteiger partial charge in [-0.05, 0) is 17.7 Å². The van der Waals surface area contributed by atoms with E-state index in [1.807, 2.05) is 0 Å². The number of nitrogen functional groups attached to an aromatic ring is 1. The van der Waals surface area contributed by atoms with Crippen LogP contribution in [0.4, 0.5) is 5.69 Å². The fourth-order valence-corrected chi connectivity index (χ4v) is 1.15. The number of carbonyl (C=O) groups is 2. The maximum absolute atomic E-state index is 11.2. The summed E-state index contributed by atoms with van der Waals surface area (Å²) in [5.74, 6) is -2.00. The maximum Gasteiger partial charge on any atom is 0.285 e. The third-order valence-corrected chi connectivity index (χ3v) is 2.07. The second-order valence-corrected chi connectivity index (χ2v) is 3.12. The lowest BCUT2D eigenvalue weighted by Crippen LogP contribution is -2.27. The van der Waals surface area contributed by atoms with Crippen molar-refractivity contribution in [3.05, 3.63) is 29.8 Å². The summed E-state index contributed by atoms with van der Waals surface area (Å²) < 4.78 is 0. The van der Waals surface area contributed by atoms with E-state index in [0.29, 0.717) is 5.69 Å². The minimum absolute atomic E-state index is 0.506. The molecule has 0 saturated heterocycles. The van der Waals surface area contributed by atoms with Crippen LogP contribution in [0.1, 0.15) is 18.4 Å². The first-order valence-electron chi connectivity index (χ1n) is 4.21. The zero-order chi connectivity index (χ0) is 10.7. The van der Waals surface area contributed by atoms with E-state index in [9.17, 15) is 9.59 Å². The predicted molar refractivity (Wildman–Crippen MR) is 53.5 cm³/mol. The third-order valence-electron chi connectivity index (χ3n) is 2.07. The van der Waals surface area contributed by atoms with Crippen LogP contribution in [-0.4, -0.2) is 11.7 Å². The first kappa shape index (κ1) is 10.2. The molecule has 0 heterocycles. The van der Waals surface area contributed by atoms with Crippen LogP contribution < -0.4 is 11.5 Å². The zero-order valence-corrected chi connectivity index (χ0v) is 7.86. The summed E-state index contributed by atoms with van der Waals surface area (Å²) in [6, 6.07) is 6.78. The topological polar surface area (TPSA) is 86.2 Å². The first-order chi connectivity index (χ1) is 6.52. The average molecular weight is 192 g/mol. The van der Waals surface area contributed by atoms with Crippen molar-refractivity contribution < 1.29 is 9.59 Å². The molecule has 1 atom stereocenters. The van der Waals surface area contributed by atoms with Crippen molar-refractivity contribution >= 4 is 17.4 Å². The molecule has 0 radical (unpaired) electrons. The molecule has 0 aliphatic heterocycles. The Morgan fingerprint density at radius 2 is 1.71 bits per heavy atom. The third kappa shape index (κ3) is 2.10. The van der Waals surface area contributed by atoms with Gasteiger partial charge in [-0.25, -0.2) is 0 Å². The second kappa shape index (κ2) is 3.91. The lowest BCUT2D eigenvalue weighted by molar-refractivity contribution is -0.136. The molecule has 0 spiro atoms. The minimum atomic E-state index is -0.908. The Labute approximate surface area is 81.9 Å². The number of carbonyl (C=O) groups excluding carboxylic acids is 2. The smallest absolute Gasteiger partial charge is 0.285 e. The number of Topliss-reactive ketones (excluding diaryl/α,β-unsaturated/α-hetero) is 1. The van der Waals surface area contributed by atoms with Crippen LogP contribution in [0.2, 0.25) is 0 Å². The van der Waals surface area contributed by atoms with E-state index in [-0.39, 0.29) is 0 Å². The van der Waals surface area contributed by atoms with Gasteiger partial charge in [0.25, 0.3) is 5.91 Å². The molecule has 0 saturated carbocycles. The quantitative estimate of drug-likeness (QED) is 0.537. The highest BCUT2D eigenvalue weighted by Crippen LogP contribution is 2.17. The summed E-state index contributed by atoms with van der Waals surface area (Å²) in [5.41, 5.74) is 11.7. The molecule has 74 valence electrons. The number of nitrogens with two attached hydrogens (primary N) is 2. The van der Waals surface area contributed by atoms with Crippen LogP contribution in [0.25, 0.3) is 0 Å². The van der Waals surface area contributed by atoms with E-state index in [4.69, 9.17) is 11.5 Å². The predicted octanol–water partition coefficient (Wildman–Crippen LogP) is 0.427. The van der Waals surface area contributed by atoms with E-state index in [0.717, 1.165) is 5.56 Å². The zero-order valence-electron chi connectivity index (χ0n) is 7.86. The average Bonchev–Trinajstić information content (AvgIpc) is 2.16. The summed E-state index contributed by atoms with van der Waals surface area (Å²) in [6.07, 6.45) is 0. The molecule has 1 amide bonds. The van der Waals surface area contributed by atoms with Crippen LogP contribution >= 0.6 is 0 Å². The highest BCUT2D eigenvalue weighted by molar-refractivity contribution is 6.37. The highest BCUT2D eigenvalue weighted by atomic mass is 16.2. The van der Waals surface area contributed by atoms with Crippen molar-refractivity contribution in [1.82, 2.24) is 0 Å². The van der Waals surface area contributed by atoms with Gasteiger partial charge in [0.2, 0.25) is 5.78 Å². The normalized spacial score (nSPS) is 12.1. The molecule has 1 aromatic carbocycles. The van der Waals surface area contributed by atoms with E-state index in [1.165, 1.54) is 0 Å². The van der Waals surface area contributed by atoms with Crippen molar-refractivity contribution in [2.24, 2.45) is 5.73 Å². The van der Waals surface area contributed by atoms with Gasteiger partial charge in [-0.3, -0.25) is 9.59 Å². The number of primary amides is 1. The standard InChI is InChI=1S/C10H12N2O2/c1-6(9(13)10(12)14)7-2-4-8(11)5-3-7/h2-6H,11H2,1H3,(H2,12,14). The van der Waals surface area contributed by atoms with Gasteiger partial charge in [-0.15, -0.1) is 0 Å². The van der Waals surface area contributed by atoms with Crippen molar-refractivity contribution in [3.63, 3.8) is 0 Å². The monoisotopic (exact) mass is 192 g/mol. The Kier molecular flexibility index (Phi) is 2.86. The van der Waals surface area contributed by atoms with Crippen LogP contribution in [0.3, 0.4) is 0 Å². The van der Waals surface area contributed by atoms with Gasteiger partial charge >= 0.3 is 0 Å². The molecule has 1 rings (SSSR count). The number of amides is 1. The SMILES string of the molecule is CC(C(=O)C(N)=O)c1ccc(N)cc1. The number of hydrogen-bond donors (Lipinski definition) is 2. The summed E-state index contributed by atoms with van der Waals surface area (Å²) in [4.78, 5) is 21.9. The summed E-state index contributed by atoms with van der Waals surface area (Å²) in [6.45, 7) is 1.64. The molecular weight excluding hydrogens is 180 g/mol. The Hall–Kier alpha value is -1.84. The molecule has 1 unspecified atom stereocenters. The Bertz CT molecular complexity index is 357. The molecule has 14 heavy (non-hydrogen) atoms. The summed E-state index contributed by atoms with van der Waals surface area (Å²) in [7, 11) is 0. The van der Waals surface area contributed by atoms with Gasteiger partial charge < -0.3 is 11.5 Å². The van der Waals surface area contributed by atoms with Gasteiger partial charge in [-0.2, -0.15) is 0 Å². The van der Waals surface area contributed by atoms with E-state index in [1.54, 1.807) is 31.2 Å². The lowest BCUT2D eigenvalue weighted by atomic mass is 9.96. The fraction of sp³-hybridized carbons (Fsp3) is 0.200. The van der Waals surface area contributed by atoms with Gasteiger partial charge in [0.15, 0.2) is 0 Å². The second-order valence-electron chi connectivity index (χ2n) is 3.12. The van der Waals surface area contributed by atoms with Crippen molar-refractivity contribution in [3.8, 4) is 0 Å². The maximum atomic E-state index is 11.2. The van der Waals surface area contributed by atoms with Crippen molar-refractivity contribution in [1.29, 1.82) is 0 Å². The summed E-state index contributed by atoms with van der Waals surface area (Å²) in [5, 5.41) is 0. The molecule has 4 heteroatoms.